The van der Waals surface area contributed by atoms with Crippen LogP contribution in [0.4, 0.5) is 0 Å². The van der Waals surface area contributed by atoms with Crippen molar-refractivity contribution in [3.8, 4) is 0 Å². The first kappa shape index (κ1) is 13.8. The number of aryl methyl sites for hydroxylation is 1. The molecule has 0 fully saturated rings. The highest BCUT2D eigenvalue weighted by molar-refractivity contribution is 9.10. The van der Waals surface area contributed by atoms with E-state index >= 15 is 0 Å². The van der Waals surface area contributed by atoms with Crippen LogP contribution in [-0.2, 0) is 4.74 Å². The first-order valence-electron chi connectivity index (χ1n) is 5.35. The van der Waals surface area contributed by atoms with Gasteiger partial charge in [-0.3, -0.25) is 0 Å². The van der Waals surface area contributed by atoms with Crippen molar-refractivity contribution in [2.24, 2.45) is 5.92 Å². The molecule has 1 aromatic heterocycles. The lowest BCUT2D eigenvalue weighted by Crippen LogP contribution is -2.15. The van der Waals surface area contributed by atoms with Crippen molar-refractivity contribution in [3.63, 3.8) is 0 Å². The smallest absolute Gasteiger partial charge is 0.144 e. The van der Waals surface area contributed by atoms with Crippen molar-refractivity contribution in [1.29, 1.82) is 0 Å². The minimum atomic E-state index is -0.0292. The monoisotopic (exact) mass is 304 g/mol. The molecule has 0 aromatic carbocycles. The van der Waals surface area contributed by atoms with E-state index in [2.05, 4.69) is 39.7 Å². The van der Waals surface area contributed by atoms with Crippen LogP contribution in [0.2, 0.25) is 0 Å². The molecule has 1 heterocycles. The molecule has 0 spiro atoms. The van der Waals surface area contributed by atoms with Crippen molar-refractivity contribution in [3.05, 3.63) is 20.6 Å². The molecule has 0 aliphatic heterocycles. The maximum absolute atomic E-state index is 5.68. The van der Waals surface area contributed by atoms with Crippen LogP contribution in [0.3, 0.4) is 0 Å². The van der Waals surface area contributed by atoms with E-state index in [0.717, 1.165) is 16.0 Å². The lowest BCUT2D eigenvalue weighted by molar-refractivity contribution is 0.0230. The Hall–Kier alpha value is -0.260. The second-order valence-electron chi connectivity index (χ2n) is 3.99. The van der Waals surface area contributed by atoms with E-state index in [0.29, 0.717) is 17.2 Å². The summed E-state index contributed by atoms with van der Waals surface area (Å²) in [5.74, 6) is 1.17. The third-order valence-electron chi connectivity index (χ3n) is 2.28. The van der Waals surface area contributed by atoms with E-state index in [9.17, 15) is 0 Å². The Morgan fingerprint density at radius 1 is 1.50 bits per heavy atom. The van der Waals surface area contributed by atoms with Gasteiger partial charge in [0.05, 0.1) is 4.47 Å². The predicted octanol–water partition coefficient (Wildman–Crippen LogP) is 3.94. The SMILES string of the molecule is CCOC(c1nc(=S)c(Br)c(C)[nH]1)C(C)C. The molecule has 0 radical (unpaired) electrons. The molecule has 1 aromatic rings. The van der Waals surface area contributed by atoms with E-state index in [4.69, 9.17) is 17.0 Å². The molecule has 5 heteroatoms. The normalized spacial score (nSPS) is 13.1. The number of aromatic amines is 1. The van der Waals surface area contributed by atoms with E-state index in [1.807, 2.05) is 13.8 Å². The maximum atomic E-state index is 5.68. The number of ether oxygens (including phenoxy) is 1. The van der Waals surface area contributed by atoms with Crippen molar-refractivity contribution in [1.82, 2.24) is 9.97 Å². The largest absolute Gasteiger partial charge is 0.370 e. The Morgan fingerprint density at radius 2 is 2.12 bits per heavy atom. The second-order valence-corrected chi connectivity index (χ2v) is 5.17. The highest BCUT2D eigenvalue weighted by Crippen LogP contribution is 2.25. The standard InChI is InChI=1S/C11H17BrN2OS/c1-5-15-9(6(2)3)10-13-7(4)8(12)11(16)14-10/h6,9H,5H2,1-4H3,(H,13,14,16). The van der Waals surface area contributed by atoms with Gasteiger partial charge < -0.3 is 9.72 Å². The molecule has 0 aliphatic carbocycles. The Kier molecular flexibility index (Phi) is 5.08. The van der Waals surface area contributed by atoms with Crippen molar-refractivity contribution in [2.75, 3.05) is 6.61 Å². The van der Waals surface area contributed by atoms with Gasteiger partial charge in [-0.25, -0.2) is 4.98 Å². The summed E-state index contributed by atoms with van der Waals surface area (Å²) in [7, 11) is 0. The summed E-state index contributed by atoms with van der Waals surface area (Å²) >= 11 is 8.58. The summed E-state index contributed by atoms with van der Waals surface area (Å²) in [6.45, 7) is 8.83. The van der Waals surface area contributed by atoms with Gasteiger partial charge in [0.1, 0.15) is 16.6 Å². The number of H-pyrrole nitrogens is 1. The van der Waals surface area contributed by atoms with Gasteiger partial charge in [0.15, 0.2) is 0 Å². The maximum Gasteiger partial charge on any atom is 0.144 e. The average Bonchev–Trinajstić information content (AvgIpc) is 2.21. The quantitative estimate of drug-likeness (QED) is 0.856. The zero-order chi connectivity index (χ0) is 12.3. The molecule has 90 valence electrons. The number of halogens is 1. The molecule has 0 aliphatic rings. The van der Waals surface area contributed by atoms with E-state index in [1.54, 1.807) is 0 Å². The minimum Gasteiger partial charge on any atom is -0.370 e. The van der Waals surface area contributed by atoms with Crippen LogP contribution in [0, 0.1) is 17.5 Å². The molecule has 1 rings (SSSR count). The zero-order valence-electron chi connectivity index (χ0n) is 10.0. The average molecular weight is 305 g/mol. The Morgan fingerprint density at radius 3 is 2.56 bits per heavy atom. The molecular formula is C11H17BrN2OS. The summed E-state index contributed by atoms with van der Waals surface area (Å²) in [6, 6.07) is 0. The third-order valence-corrected chi connectivity index (χ3v) is 3.80. The number of hydrogen-bond acceptors (Lipinski definition) is 3. The Labute approximate surface area is 110 Å². The first-order chi connectivity index (χ1) is 7.47. The molecule has 0 saturated carbocycles. The van der Waals surface area contributed by atoms with Crippen LogP contribution in [0.15, 0.2) is 4.47 Å². The minimum absolute atomic E-state index is 0.0292. The summed E-state index contributed by atoms with van der Waals surface area (Å²) in [5, 5.41) is 0. The van der Waals surface area contributed by atoms with Gasteiger partial charge in [0.2, 0.25) is 0 Å². The summed E-state index contributed by atoms with van der Waals surface area (Å²) in [4.78, 5) is 7.59. The number of nitrogens with zero attached hydrogens (tertiary/aromatic N) is 1. The van der Waals surface area contributed by atoms with Gasteiger partial charge in [-0.15, -0.1) is 0 Å². The molecule has 1 unspecified atom stereocenters. The van der Waals surface area contributed by atoms with Gasteiger partial charge in [-0.05, 0) is 35.7 Å². The van der Waals surface area contributed by atoms with Crippen LogP contribution in [0.25, 0.3) is 0 Å². The van der Waals surface area contributed by atoms with Crippen LogP contribution in [0.5, 0.6) is 0 Å². The number of nitrogens with one attached hydrogen (secondary N) is 1. The summed E-state index contributed by atoms with van der Waals surface area (Å²) < 4.78 is 7.12. The summed E-state index contributed by atoms with van der Waals surface area (Å²) in [6.07, 6.45) is -0.0292. The van der Waals surface area contributed by atoms with Crippen LogP contribution in [-0.4, -0.2) is 16.6 Å². The summed E-state index contributed by atoms with van der Waals surface area (Å²) in [5.41, 5.74) is 0.986. The van der Waals surface area contributed by atoms with Gasteiger partial charge >= 0.3 is 0 Å². The third kappa shape index (κ3) is 3.12. The van der Waals surface area contributed by atoms with Crippen LogP contribution in [0.1, 0.15) is 38.4 Å². The lowest BCUT2D eigenvalue weighted by atomic mass is 10.1. The fraction of sp³-hybridized carbons (Fsp3) is 0.636. The molecule has 1 N–H and O–H groups in total. The number of aromatic nitrogens is 2. The number of rotatable bonds is 4. The van der Waals surface area contributed by atoms with Crippen molar-refractivity contribution >= 4 is 28.1 Å². The highest BCUT2D eigenvalue weighted by atomic mass is 79.9. The fourth-order valence-electron chi connectivity index (χ4n) is 1.50. The molecule has 16 heavy (non-hydrogen) atoms. The van der Waals surface area contributed by atoms with Crippen molar-refractivity contribution in [2.45, 2.75) is 33.8 Å². The Bertz CT molecular complexity index is 417. The molecule has 0 saturated heterocycles. The van der Waals surface area contributed by atoms with Gasteiger partial charge in [-0.2, -0.15) is 0 Å². The van der Waals surface area contributed by atoms with Gasteiger partial charge in [0, 0.05) is 12.3 Å². The topological polar surface area (TPSA) is 37.9 Å². The van der Waals surface area contributed by atoms with Crippen molar-refractivity contribution < 1.29 is 4.74 Å². The number of hydrogen-bond donors (Lipinski definition) is 1. The van der Waals surface area contributed by atoms with Gasteiger partial charge in [-0.1, -0.05) is 26.1 Å². The lowest BCUT2D eigenvalue weighted by Gasteiger charge is -2.20. The Balaban J connectivity index is 3.15. The zero-order valence-corrected chi connectivity index (χ0v) is 12.4. The van der Waals surface area contributed by atoms with Crippen LogP contribution >= 0.6 is 28.1 Å². The van der Waals surface area contributed by atoms with E-state index in [-0.39, 0.29) is 6.10 Å². The molecule has 3 nitrogen and oxygen atoms in total. The fourth-order valence-corrected chi connectivity index (χ4v) is 1.93. The van der Waals surface area contributed by atoms with E-state index in [1.165, 1.54) is 0 Å². The second kappa shape index (κ2) is 5.89. The molecular weight excluding hydrogens is 288 g/mol. The van der Waals surface area contributed by atoms with Gasteiger partial charge in [0.25, 0.3) is 0 Å². The molecule has 1 atom stereocenters. The molecule has 0 bridgehead atoms. The first-order valence-corrected chi connectivity index (χ1v) is 6.55. The van der Waals surface area contributed by atoms with Crippen LogP contribution < -0.4 is 0 Å². The molecule has 0 amide bonds. The predicted molar refractivity (Wildman–Crippen MR) is 71.1 cm³/mol. The van der Waals surface area contributed by atoms with E-state index < -0.39 is 0 Å². The highest BCUT2D eigenvalue weighted by Gasteiger charge is 2.19.